The van der Waals surface area contributed by atoms with E-state index >= 15 is 0 Å². The summed E-state index contributed by atoms with van der Waals surface area (Å²) in [6.07, 6.45) is 4.11. The third kappa shape index (κ3) is 5.05. The standard InChI is InChI=1S/C26H41BrN2O6/c1-7-11-29(25(5,6)15-24(2,3)4)22(32)20-26-14-16(27)19(35-26)17(23(33)34)18(26)21(31)28(20)12-9-8-10-13-30/h7,16-20,30H,1,8-15H2,2-6H3,(H,33,34)/t16?,17-,18-,19-,20?,26?/m0/s1. The highest BCUT2D eigenvalue weighted by Gasteiger charge is 2.77. The average Bonchev–Trinajstić information content (AvgIpc) is 3.31. The molecule has 3 fully saturated rings. The maximum atomic E-state index is 14.4. The SMILES string of the molecule is C=CCN(C(=O)C1N(CCCCCO)C(=O)[C@@H]2[C@H](C(=O)O)[C@H]3OC12CC3Br)C(C)(C)CC(C)(C)C. The van der Waals surface area contributed by atoms with Crippen molar-refractivity contribution in [1.29, 1.82) is 0 Å². The summed E-state index contributed by atoms with van der Waals surface area (Å²) < 4.78 is 6.37. The molecule has 2 amide bonds. The third-order valence-electron chi connectivity index (χ3n) is 7.64. The first kappa shape index (κ1) is 28.1. The van der Waals surface area contributed by atoms with Gasteiger partial charge >= 0.3 is 5.97 Å². The number of carboxylic acid groups (broad SMARTS) is 1. The molecule has 3 rings (SSSR count). The van der Waals surface area contributed by atoms with Gasteiger partial charge in [-0.25, -0.2) is 0 Å². The van der Waals surface area contributed by atoms with Crippen LogP contribution in [0.5, 0.6) is 0 Å². The van der Waals surface area contributed by atoms with E-state index in [0.717, 1.165) is 6.42 Å². The zero-order chi connectivity index (χ0) is 26.3. The number of fused-ring (bicyclic) bond motifs is 1. The number of carbonyl (C=O) groups excluding carboxylic acids is 2. The van der Waals surface area contributed by atoms with Crippen molar-refractivity contribution in [1.82, 2.24) is 9.80 Å². The van der Waals surface area contributed by atoms with Gasteiger partial charge in [0.2, 0.25) is 11.8 Å². The van der Waals surface area contributed by atoms with E-state index in [4.69, 9.17) is 9.84 Å². The molecule has 0 aromatic heterocycles. The van der Waals surface area contributed by atoms with Crippen molar-refractivity contribution in [3.8, 4) is 0 Å². The van der Waals surface area contributed by atoms with Crippen molar-refractivity contribution >= 4 is 33.7 Å². The molecule has 3 aliphatic rings. The summed E-state index contributed by atoms with van der Waals surface area (Å²) in [4.78, 5) is 43.5. The second-order valence-corrected chi connectivity index (χ2v) is 13.3. The quantitative estimate of drug-likeness (QED) is 0.230. The number of carboxylic acids is 1. The fourth-order valence-electron chi connectivity index (χ4n) is 6.81. The maximum absolute atomic E-state index is 14.4. The van der Waals surface area contributed by atoms with Crippen molar-refractivity contribution in [2.75, 3.05) is 19.7 Å². The highest BCUT2D eigenvalue weighted by Crippen LogP contribution is 2.60. The Morgan fingerprint density at radius 1 is 1.26 bits per heavy atom. The van der Waals surface area contributed by atoms with E-state index in [0.29, 0.717) is 38.8 Å². The van der Waals surface area contributed by atoms with E-state index in [1.165, 1.54) is 0 Å². The Hall–Kier alpha value is -1.45. The third-order valence-corrected chi connectivity index (χ3v) is 8.48. The molecule has 3 aliphatic heterocycles. The molecule has 9 heteroatoms. The molecule has 2 bridgehead atoms. The number of carbonyl (C=O) groups is 3. The Morgan fingerprint density at radius 2 is 1.91 bits per heavy atom. The van der Waals surface area contributed by atoms with E-state index in [1.54, 1.807) is 15.9 Å². The van der Waals surface area contributed by atoms with E-state index in [9.17, 15) is 19.5 Å². The number of ether oxygens (including phenoxy) is 1. The van der Waals surface area contributed by atoms with Crippen LogP contribution in [0.15, 0.2) is 12.7 Å². The van der Waals surface area contributed by atoms with Crippen LogP contribution in [0.1, 0.15) is 66.7 Å². The van der Waals surface area contributed by atoms with Crippen molar-refractivity contribution < 1.29 is 29.3 Å². The Kier molecular flexibility index (Phi) is 8.14. The molecule has 0 aromatic rings. The predicted molar refractivity (Wildman–Crippen MR) is 136 cm³/mol. The van der Waals surface area contributed by atoms with E-state index in [1.807, 2.05) is 13.8 Å². The number of unbranched alkanes of at least 4 members (excludes halogenated alkanes) is 2. The van der Waals surface area contributed by atoms with Gasteiger partial charge in [0, 0.05) is 30.1 Å². The molecular weight excluding hydrogens is 516 g/mol. The van der Waals surface area contributed by atoms with E-state index < -0.39 is 41.1 Å². The van der Waals surface area contributed by atoms with Crippen LogP contribution < -0.4 is 0 Å². The number of halogens is 1. The van der Waals surface area contributed by atoms with Crippen molar-refractivity contribution in [2.24, 2.45) is 17.3 Å². The molecule has 8 nitrogen and oxygen atoms in total. The van der Waals surface area contributed by atoms with Gasteiger partial charge in [-0.15, -0.1) is 6.58 Å². The molecule has 198 valence electrons. The van der Waals surface area contributed by atoms with Crippen molar-refractivity contribution in [2.45, 2.75) is 94.8 Å². The Labute approximate surface area is 217 Å². The molecule has 3 saturated heterocycles. The summed E-state index contributed by atoms with van der Waals surface area (Å²) in [5.74, 6) is -3.48. The van der Waals surface area contributed by atoms with Gasteiger partial charge in [-0.1, -0.05) is 42.8 Å². The van der Waals surface area contributed by atoms with E-state index in [-0.39, 0.29) is 28.7 Å². The normalized spacial score (nSPS) is 32.1. The van der Waals surface area contributed by atoms with Gasteiger partial charge in [-0.2, -0.15) is 0 Å². The highest BCUT2D eigenvalue weighted by atomic mass is 79.9. The van der Waals surface area contributed by atoms with Crippen LogP contribution in [0.25, 0.3) is 0 Å². The van der Waals surface area contributed by atoms with Crippen LogP contribution in [0.4, 0.5) is 0 Å². The predicted octanol–water partition coefficient (Wildman–Crippen LogP) is 3.21. The summed E-state index contributed by atoms with van der Waals surface area (Å²) >= 11 is 3.59. The Bertz CT molecular complexity index is 855. The molecule has 0 aliphatic carbocycles. The Balaban J connectivity index is 2.05. The number of rotatable bonds is 11. The second kappa shape index (κ2) is 10.1. The summed E-state index contributed by atoms with van der Waals surface area (Å²) in [7, 11) is 0. The van der Waals surface area contributed by atoms with Gasteiger partial charge in [0.05, 0.1) is 17.9 Å². The van der Waals surface area contributed by atoms with Crippen LogP contribution in [0, 0.1) is 17.3 Å². The first-order valence-corrected chi connectivity index (χ1v) is 13.5. The number of hydrogen-bond acceptors (Lipinski definition) is 5. The number of aliphatic hydroxyl groups excluding tert-OH is 1. The lowest BCUT2D eigenvalue weighted by atomic mass is 9.70. The minimum absolute atomic E-state index is 0.0445. The maximum Gasteiger partial charge on any atom is 0.310 e. The summed E-state index contributed by atoms with van der Waals surface area (Å²) in [5, 5.41) is 19.2. The topological polar surface area (TPSA) is 107 Å². The molecule has 3 heterocycles. The van der Waals surface area contributed by atoms with Gasteiger partial charge in [0.25, 0.3) is 0 Å². The smallest absolute Gasteiger partial charge is 0.310 e. The molecule has 6 atom stereocenters. The number of nitrogens with zero attached hydrogens (tertiary/aromatic N) is 2. The highest BCUT2D eigenvalue weighted by molar-refractivity contribution is 9.09. The number of hydrogen-bond donors (Lipinski definition) is 2. The fraction of sp³-hybridized carbons (Fsp3) is 0.808. The fourth-order valence-corrected chi connectivity index (χ4v) is 7.75. The van der Waals surface area contributed by atoms with Crippen molar-refractivity contribution in [3.63, 3.8) is 0 Å². The van der Waals surface area contributed by atoms with Gasteiger partial charge in [0.15, 0.2) is 0 Å². The minimum atomic E-state index is -1.18. The molecule has 3 unspecified atom stereocenters. The second-order valence-electron chi connectivity index (χ2n) is 12.1. The molecule has 0 saturated carbocycles. The molecule has 35 heavy (non-hydrogen) atoms. The largest absolute Gasteiger partial charge is 0.481 e. The summed E-state index contributed by atoms with van der Waals surface area (Å²) in [5.41, 5.74) is -1.75. The lowest BCUT2D eigenvalue weighted by Crippen LogP contribution is -2.61. The lowest BCUT2D eigenvalue weighted by molar-refractivity contribution is -0.153. The molecule has 0 radical (unpaired) electrons. The average molecular weight is 558 g/mol. The molecular formula is C26H41BrN2O6. The van der Waals surface area contributed by atoms with Gasteiger partial charge in [-0.3, -0.25) is 14.4 Å². The van der Waals surface area contributed by atoms with Gasteiger partial charge < -0.3 is 24.7 Å². The summed E-state index contributed by atoms with van der Waals surface area (Å²) in [6.45, 7) is 15.0. The number of aliphatic carboxylic acids is 1. The van der Waals surface area contributed by atoms with Crippen LogP contribution in [0.2, 0.25) is 0 Å². The first-order valence-electron chi connectivity index (χ1n) is 12.6. The molecule has 0 aromatic carbocycles. The monoisotopic (exact) mass is 556 g/mol. The van der Waals surface area contributed by atoms with Crippen molar-refractivity contribution in [3.05, 3.63) is 12.7 Å². The lowest BCUT2D eigenvalue weighted by Gasteiger charge is -2.45. The zero-order valence-electron chi connectivity index (χ0n) is 21.6. The number of amides is 2. The summed E-state index contributed by atoms with van der Waals surface area (Å²) in [6, 6.07) is -0.900. The van der Waals surface area contributed by atoms with E-state index in [2.05, 4.69) is 43.3 Å². The Morgan fingerprint density at radius 3 is 2.46 bits per heavy atom. The minimum Gasteiger partial charge on any atom is -0.481 e. The molecule has 2 N–H and O–H groups in total. The van der Waals surface area contributed by atoms with Gasteiger partial charge in [0.1, 0.15) is 11.6 Å². The number of aliphatic hydroxyl groups is 1. The first-order chi connectivity index (χ1) is 16.2. The zero-order valence-corrected chi connectivity index (χ0v) is 23.2. The van der Waals surface area contributed by atoms with Gasteiger partial charge in [-0.05, 0) is 51.4 Å². The van der Waals surface area contributed by atoms with Crippen LogP contribution in [-0.4, -0.2) is 85.6 Å². The van der Waals surface area contributed by atoms with Crippen LogP contribution in [0.3, 0.4) is 0 Å². The van der Waals surface area contributed by atoms with Crippen LogP contribution in [-0.2, 0) is 19.1 Å². The number of likely N-dealkylation sites (tertiary alicyclic amines) is 1. The number of alkyl halides is 1. The molecule has 1 spiro atoms. The van der Waals surface area contributed by atoms with Crippen LogP contribution >= 0.6 is 15.9 Å².